The van der Waals surface area contributed by atoms with Gasteiger partial charge in [-0.15, -0.1) is 0 Å². The number of rotatable bonds is 1. The van der Waals surface area contributed by atoms with E-state index in [9.17, 15) is 4.39 Å². The summed E-state index contributed by atoms with van der Waals surface area (Å²) in [5.74, 6) is -0.0301. The first-order valence-corrected chi connectivity index (χ1v) is 3.21. The summed E-state index contributed by atoms with van der Waals surface area (Å²) in [6, 6.07) is 6.29. The fraction of sp³-hybridized carbons (Fsp3) is 0.250. The molecule has 0 aromatic heterocycles. The maximum absolute atomic E-state index is 12.5. The maximum atomic E-state index is 12.5. The maximum Gasteiger partial charge on any atom is 0.165 e. The summed E-state index contributed by atoms with van der Waals surface area (Å²) in [7, 11) is 2.94. The quantitative estimate of drug-likeness (QED) is 0.669. The van der Waals surface area contributed by atoms with E-state index >= 15 is 0 Å². The molecule has 0 aliphatic heterocycles. The lowest BCUT2D eigenvalue weighted by Gasteiger charge is -1.97. The standard InChI is InChI=1S/C7H7FO.CH5N/c1-9-7-5-3-2-4-6(7)8;1-2/h2-5H,1H3;2H2,1H3. The van der Waals surface area contributed by atoms with Gasteiger partial charge >= 0.3 is 0 Å². The van der Waals surface area contributed by atoms with E-state index in [-0.39, 0.29) is 11.6 Å². The number of hydrogen-bond donors (Lipinski definition) is 1. The van der Waals surface area contributed by atoms with E-state index in [1.54, 1.807) is 18.2 Å². The van der Waals surface area contributed by atoms with Crippen LogP contribution in [0, 0.1) is 5.82 Å². The van der Waals surface area contributed by atoms with Gasteiger partial charge < -0.3 is 10.5 Å². The van der Waals surface area contributed by atoms with Crippen LogP contribution < -0.4 is 10.5 Å². The molecule has 0 heterocycles. The smallest absolute Gasteiger partial charge is 0.165 e. The van der Waals surface area contributed by atoms with Crippen molar-refractivity contribution >= 4 is 0 Å². The molecule has 0 bridgehead atoms. The van der Waals surface area contributed by atoms with Crippen molar-refractivity contribution in [3.05, 3.63) is 30.1 Å². The first-order valence-electron chi connectivity index (χ1n) is 3.21. The van der Waals surface area contributed by atoms with Crippen LogP contribution in [-0.2, 0) is 0 Å². The van der Waals surface area contributed by atoms with Crippen LogP contribution in [0.25, 0.3) is 0 Å². The van der Waals surface area contributed by atoms with Crippen LogP contribution in [0.1, 0.15) is 0 Å². The van der Waals surface area contributed by atoms with Crippen LogP contribution in [0.4, 0.5) is 4.39 Å². The molecule has 0 spiro atoms. The minimum absolute atomic E-state index is 0.289. The van der Waals surface area contributed by atoms with E-state index in [1.807, 2.05) is 0 Å². The van der Waals surface area contributed by atoms with E-state index in [0.29, 0.717) is 0 Å². The lowest BCUT2D eigenvalue weighted by molar-refractivity contribution is 0.386. The molecule has 2 N–H and O–H groups in total. The molecule has 11 heavy (non-hydrogen) atoms. The summed E-state index contributed by atoms with van der Waals surface area (Å²) in [6.07, 6.45) is 0. The zero-order chi connectivity index (χ0) is 8.69. The first kappa shape index (κ1) is 9.91. The molecule has 3 heteroatoms. The number of para-hydroxylation sites is 1. The van der Waals surface area contributed by atoms with Crippen LogP contribution in [-0.4, -0.2) is 14.2 Å². The zero-order valence-electron chi connectivity index (χ0n) is 6.67. The minimum atomic E-state index is -0.319. The molecule has 0 amide bonds. The highest BCUT2D eigenvalue weighted by atomic mass is 19.1. The summed E-state index contributed by atoms with van der Waals surface area (Å²) in [5, 5.41) is 0. The summed E-state index contributed by atoms with van der Waals surface area (Å²) < 4.78 is 17.1. The van der Waals surface area contributed by atoms with Crippen molar-refractivity contribution in [1.82, 2.24) is 0 Å². The number of ether oxygens (including phenoxy) is 1. The van der Waals surface area contributed by atoms with Crippen molar-refractivity contribution in [2.45, 2.75) is 0 Å². The van der Waals surface area contributed by atoms with E-state index in [4.69, 9.17) is 0 Å². The Hall–Kier alpha value is -1.09. The van der Waals surface area contributed by atoms with Gasteiger partial charge in [0.25, 0.3) is 0 Å². The summed E-state index contributed by atoms with van der Waals surface area (Å²) in [4.78, 5) is 0. The van der Waals surface area contributed by atoms with E-state index in [2.05, 4.69) is 10.5 Å². The summed E-state index contributed by atoms with van der Waals surface area (Å²) in [5.41, 5.74) is 4.50. The second kappa shape index (κ2) is 5.68. The van der Waals surface area contributed by atoms with Crippen LogP contribution >= 0.6 is 0 Å². The predicted molar refractivity (Wildman–Crippen MR) is 43.1 cm³/mol. The Labute approximate surface area is 65.8 Å². The molecular weight excluding hydrogens is 145 g/mol. The van der Waals surface area contributed by atoms with Crippen molar-refractivity contribution in [2.24, 2.45) is 5.73 Å². The number of halogens is 1. The average molecular weight is 157 g/mol. The molecule has 0 atom stereocenters. The molecule has 62 valence electrons. The van der Waals surface area contributed by atoms with E-state index in [1.165, 1.54) is 20.2 Å². The minimum Gasteiger partial charge on any atom is -0.494 e. The Morgan fingerprint density at radius 1 is 1.27 bits per heavy atom. The monoisotopic (exact) mass is 157 g/mol. The number of methoxy groups -OCH3 is 1. The number of benzene rings is 1. The highest BCUT2D eigenvalue weighted by molar-refractivity contribution is 5.23. The third-order valence-electron chi connectivity index (χ3n) is 1.06. The van der Waals surface area contributed by atoms with E-state index in [0.717, 1.165) is 0 Å². The zero-order valence-corrected chi connectivity index (χ0v) is 6.67. The van der Waals surface area contributed by atoms with Crippen molar-refractivity contribution in [3.63, 3.8) is 0 Å². The van der Waals surface area contributed by atoms with Gasteiger partial charge in [0.05, 0.1) is 7.11 Å². The Morgan fingerprint density at radius 3 is 2.18 bits per heavy atom. The number of nitrogens with two attached hydrogens (primary N) is 1. The molecule has 0 aliphatic carbocycles. The third kappa shape index (κ3) is 3.00. The van der Waals surface area contributed by atoms with Crippen molar-refractivity contribution in [2.75, 3.05) is 14.2 Å². The highest BCUT2D eigenvalue weighted by Gasteiger charge is 1.95. The molecule has 0 fully saturated rings. The Bertz CT molecular complexity index is 203. The van der Waals surface area contributed by atoms with Gasteiger partial charge in [0, 0.05) is 0 Å². The SMILES string of the molecule is CN.COc1ccccc1F. The van der Waals surface area contributed by atoms with Crippen molar-refractivity contribution in [3.8, 4) is 5.75 Å². The second-order valence-corrected chi connectivity index (χ2v) is 1.63. The molecule has 0 radical (unpaired) electrons. The van der Waals surface area contributed by atoms with E-state index < -0.39 is 0 Å². The van der Waals surface area contributed by atoms with Crippen molar-refractivity contribution < 1.29 is 9.13 Å². The summed E-state index contributed by atoms with van der Waals surface area (Å²) >= 11 is 0. The fourth-order valence-electron chi connectivity index (χ4n) is 0.610. The molecule has 0 aliphatic rings. The molecular formula is C8H12FNO. The molecule has 0 saturated carbocycles. The van der Waals surface area contributed by atoms with Gasteiger partial charge in [-0.2, -0.15) is 0 Å². The highest BCUT2D eigenvalue weighted by Crippen LogP contribution is 2.13. The van der Waals surface area contributed by atoms with Gasteiger partial charge in [-0.3, -0.25) is 0 Å². The van der Waals surface area contributed by atoms with Gasteiger partial charge in [-0.05, 0) is 19.2 Å². The van der Waals surface area contributed by atoms with Crippen LogP contribution in [0.5, 0.6) is 5.75 Å². The summed E-state index contributed by atoms with van der Waals surface area (Å²) in [6.45, 7) is 0. The number of hydrogen-bond acceptors (Lipinski definition) is 2. The predicted octanol–water partition coefficient (Wildman–Crippen LogP) is 1.41. The largest absolute Gasteiger partial charge is 0.494 e. The Morgan fingerprint density at radius 2 is 1.82 bits per heavy atom. The molecule has 2 nitrogen and oxygen atoms in total. The fourth-order valence-corrected chi connectivity index (χ4v) is 0.610. The molecule has 1 rings (SSSR count). The van der Waals surface area contributed by atoms with Gasteiger partial charge in [0.2, 0.25) is 0 Å². The normalized spacial score (nSPS) is 8.00. The average Bonchev–Trinajstić information content (AvgIpc) is 2.09. The van der Waals surface area contributed by atoms with Crippen LogP contribution in [0.3, 0.4) is 0 Å². The molecule has 0 saturated heterocycles. The third-order valence-corrected chi connectivity index (χ3v) is 1.06. The Balaban J connectivity index is 0.000000461. The molecule has 0 unspecified atom stereocenters. The lowest BCUT2D eigenvalue weighted by atomic mass is 10.3. The van der Waals surface area contributed by atoms with Gasteiger partial charge in [-0.1, -0.05) is 12.1 Å². The Kier molecular flexibility index (Phi) is 5.11. The second-order valence-electron chi connectivity index (χ2n) is 1.63. The van der Waals surface area contributed by atoms with Crippen LogP contribution in [0.15, 0.2) is 24.3 Å². The van der Waals surface area contributed by atoms with Gasteiger partial charge in [0.1, 0.15) is 0 Å². The van der Waals surface area contributed by atoms with Crippen LogP contribution in [0.2, 0.25) is 0 Å². The topological polar surface area (TPSA) is 35.2 Å². The molecule has 1 aromatic carbocycles. The van der Waals surface area contributed by atoms with Gasteiger partial charge in [0.15, 0.2) is 11.6 Å². The first-order chi connectivity index (χ1) is 5.34. The van der Waals surface area contributed by atoms with Crippen molar-refractivity contribution in [1.29, 1.82) is 0 Å². The molecule has 1 aromatic rings. The van der Waals surface area contributed by atoms with Gasteiger partial charge in [-0.25, -0.2) is 4.39 Å². The lowest BCUT2D eigenvalue weighted by Crippen LogP contribution is -1.85.